The first-order chi connectivity index (χ1) is 14.4. The van der Waals surface area contributed by atoms with Gasteiger partial charge in [-0.05, 0) is 29.8 Å². The van der Waals surface area contributed by atoms with Crippen molar-refractivity contribution in [2.45, 2.75) is 6.04 Å². The number of Topliss-reactive ketones (excluding diaryl/α,β-unsaturated/α-hetero) is 1. The molecule has 1 aliphatic heterocycles. The van der Waals surface area contributed by atoms with Crippen LogP contribution in [0, 0.1) is 0 Å². The number of amides is 1. The van der Waals surface area contributed by atoms with Crippen molar-refractivity contribution in [1.29, 1.82) is 0 Å². The quantitative estimate of drug-likeness (QED) is 0.394. The molecule has 0 unspecified atom stereocenters. The van der Waals surface area contributed by atoms with Gasteiger partial charge in [0.05, 0.1) is 53.0 Å². The fourth-order valence-electron chi connectivity index (χ4n) is 3.48. The molecule has 30 heavy (non-hydrogen) atoms. The van der Waals surface area contributed by atoms with Gasteiger partial charge in [0.15, 0.2) is 11.5 Å². The zero-order valence-corrected chi connectivity index (χ0v) is 17.5. The van der Waals surface area contributed by atoms with Gasteiger partial charge in [0.25, 0.3) is 11.7 Å². The first-order valence-electron chi connectivity index (χ1n) is 9.58. The first kappa shape index (κ1) is 21.3. The van der Waals surface area contributed by atoms with E-state index in [4.69, 9.17) is 9.47 Å². The summed E-state index contributed by atoms with van der Waals surface area (Å²) in [6.07, 6.45) is 3.22. The van der Waals surface area contributed by atoms with Gasteiger partial charge >= 0.3 is 0 Å². The summed E-state index contributed by atoms with van der Waals surface area (Å²) in [4.78, 5) is 32.5. The van der Waals surface area contributed by atoms with E-state index >= 15 is 0 Å². The maximum absolute atomic E-state index is 12.9. The molecule has 2 heterocycles. The number of likely N-dealkylation sites (tertiary alicyclic amines) is 1. The molecule has 0 bridgehead atoms. The second-order valence-corrected chi connectivity index (χ2v) is 7.31. The average molecular weight is 412 g/mol. The van der Waals surface area contributed by atoms with E-state index < -0.39 is 17.7 Å². The van der Waals surface area contributed by atoms with E-state index in [0.717, 1.165) is 4.90 Å². The predicted molar refractivity (Wildman–Crippen MR) is 110 cm³/mol. The van der Waals surface area contributed by atoms with E-state index in [1.54, 1.807) is 42.7 Å². The third-order valence-electron chi connectivity index (χ3n) is 5.05. The Morgan fingerprint density at radius 3 is 2.50 bits per heavy atom. The van der Waals surface area contributed by atoms with Crippen molar-refractivity contribution >= 4 is 17.4 Å². The number of rotatable bonds is 7. The number of hydrogen-bond acceptors (Lipinski definition) is 6. The fourth-order valence-corrected chi connectivity index (χ4v) is 3.48. The number of carbonyl (C=O) groups is 2. The van der Waals surface area contributed by atoms with Crippen molar-refractivity contribution in [3.63, 3.8) is 0 Å². The molecule has 2 N–H and O–H groups in total. The molecule has 158 valence electrons. The number of carbonyl (C=O) groups excluding carboxylic acids is 2. The summed E-state index contributed by atoms with van der Waals surface area (Å²) < 4.78 is 10.5. The number of aliphatic hydroxyl groups excluding tert-OH is 1. The van der Waals surface area contributed by atoms with Crippen molar-refractivity contribution in [2.24, 2.45) is 0 Å². The molecule has 1 aliphatic rings. The Balaban J connectivity index is 2.14. The van der Waals surface area contributed by atoms with Crippen LogP contribution in [0.1, 0.15) is 17.2 Å². The molecule has 3 rings (SSSR count). The van der Waals surface area contributed by atoms with E-state index in [1.165, 1.54) is 19.1 Å². The van der Waals surface area contributed by atoms with Gasteiger partial charge in [-0.3, -0.25) is 14.6 Å². The van der Waals surface area contributed by atoms with Crippen molar-refractivity contribution in [3.8, 4) is 11.5 Å². The summed E-state index contributed by atoms with van der Waals surface area (Å²) >= 11 is 0. The normalized spacial score (nSPS) is 18.2. The van der Waals surface area contributed by atoms with Gasteiger partial charge in [-0.15, -0.1) is 0 Å². The lowest BCUT2D eigenvalue weighted by Crippen LogP contribution is -3.06. The molecule has 1 aromatic carbocycles. The molecule has 0 radical (unpaired) electrons. The average Bonchev–Trinajstić information content (AvgIpc) is 3.01. The smallest absolute Gasteiger partial charge is 0.295 e. The Kier molecular flexibility index (Phi) is 6.37. The van der Waals surface area contributed by atoms with Crippen LogP contribution < -0.4 is 14.4 Å². The summed E-state index contributed by atoms with van der Waals surface area (Å²) in [6.45, 7) is 1.02. The van der Waals surface area contributed by atoms with Crippen LogP contribution in [0.15, 0.2) is 48.3 Å². The van der Waals surface area contributed by atoms with Crippen molar-refractivity contribution in [2.75, 3.05) is 41.4 Å². The number of nitrogens with one attached hydrogen (secondary N) is 1. The maximum Gasteiger partial charge on any atom is 0.295 e. The largest absolute Gasteiger partial charge is 0.507 e. The number of likely N-dealkylation sites (N-methyl/N-ethyl adjacent to an activating group) is 1. The minimum Gasteiger partial charge on any atom is -0.507 e. The number of aromatic nitrogens is 1. The molecule has 1 aromatic heterocycles. The number of hydrogen-bond donors (Lipinski definition) is 2. The highest BCUT2D eigenvalue weighted by Gasteiger charge is 2.46. The monoisotopic (exact) mass is 412 g/mol. The molecule has 0 aliphatic carbocycles. The number of ether oxygens (including phenoxy) is 2. The van der Waals surface area contributed by atoms with Crippen molar-refractivity contribution in [3.05, 3.63) is 59.4 Å². The Bertz CT molecular complexity index is 972. The third kappa shape index (κ3) is 3.99. The number of nitrogens with zero attached hydrogens (tertiary/aromatic N) is 2. The molecule has 1 atom stereocenters. The summed E-state index contributed by atoms with van der Waals surface area (Å²) in [5.74, 6) is -0.711. The van der Waals surface area contributed by atoms with Crippen LogP contribution in [0.3, 0.4) is 0 Å². The van der Waals surface area contributed by atoms with E-state index in [1.807, 2.05) is 14.1 Å². The zero-order valence-electron chi connectivity index (χ0n) is 17.5. The molecule has 8 nitrogen and oxygen atoms in total. The van der Waals surface area contributed by atoms with Crippen LogP contribution >= 0.6 is 0 Å². The van der Waals surface area contributed by atoms with Crippen LogP contribution in [0.5, 0.6) is 11.5 Å². The summed E-state index contributed by atoms with van der Waals surface area (Å²) in [6, 6.07) is 7.65. The zero-order chi connectivity index (χ0) is 21.8. The SMILES string of the molecule is COc1ccc(C(O)=C2C(=O)C(=O)N(CC[NH+](C)C)[C@H]2c2cccnc2)cc1OC. The standard InChI is InChI=1S/C22H25N3O5/c1-24(2)10-11-25-19(15-6-5-9-23-13-15)18(21(27)22(25)28)20(26)14-7-8-16(29-3)17(12-14)30-4/h5-9,12-13,19,26H,10-11H2,1-4H3/p+1/t19-/m0/s1. The highest BCUT2D eigenvalue weighted by atomic mass is 16.5. The molecular formula is C22H26N3O5+. The van der Waals surface area contributed by atoms with Crippen LogP contribution in [0.4, 0.5) is 0 Å². The number of ketones is 1. The van der Waals surface area contributed by atoms with Crippen LogP contribution in [0.25, 0.3) is 5.76 Å². The Labute approximate surface area is 175 Å². The van der Waals surface area contributed by atoms with Crippen LogP contribution in [-0.2, 0) is 9.59 Å². The Morgan fingerprint density at radius 2 is 1.90 bits per heavy atom. The Morgan fingerprint density at radius 1 is 1.17 bits per heavy atom. The van der Waals surface area contributed by atoms with Gasteiger partial charge in [-0.25, -0.2) is 0 Å². The van der Waals surface area contributed by atoms with E-state index in [9.17, 15) is 14.7 Å². The number of aliphatic hydroxyl groups is 1. The molecule has 0 saturated carbocycles. The fraction of sp³-hybridized carbons (Fsp3) is 0.318. The minimum atomic E-state index is -0.718. The van der Waals surface area contributed by atoms with Crippen LogP contribution in [-0.4, -0.2) is 68.1 Å². The van der Waals surface area contributed by atoms with Gasteiger partial charge in [-0.2, -0.15) is 0 Å². The van der Waals surface area contributed by atoms with E-state index in [2.05, 4.69) is 4.98 Å². The van der Waals surface area contributed by atoms with Gasteiger partial charge in [0.1, 0.15) is 5.76 Å². The lowest BCUT2D eigenvalue weighted by Gasteiger charge is -2.25. The summed E-state index contributed by atoms with van der Waals surface area (Å²) in [5.41, 5.74) is 1.05. The summed E-state index contributed by atoms with van der Waals surface area (Å²) in [5, 5.41) is 11.1. The van der Waals surface area contributed by atoms with E-state index in [0.29, 0.717) is 35.7 Å². The first-order valence-corrected chi connectivity index (χ1v) is 9.58. The highest BCUT2D eigenvalue weighted by Crippen LogP contribution is 2.40. The molecule has 1 amide bonds. The predicted octanol–water partition coefficient (Wildman–Crippen LogP) is 0.665. The van der Waals surface area contributed by atoms with Gasteiger partial charge in [0.2, 0.25) is 0 Å². The second-order valence-electron chi connectivity index (χ2n) is 7.31. The minimum absolute atomic E-state index is 0.0361. The molecule has 2 aromatic rings. The van der Waals surface area contributed by atoms with Crippen LogP contribution in [0.2, 0.25) is 0 Å². The van der Waals surface area contributed by atoms with Crippen molar-refractivity contribution < 1.29 is 29.1 Å². The second kappa shape index (κ2) is 8.96. The van der Waals surface area contributed by atoms with Gasteiger partial charge in [-0.1, -0.05) is 6.07 Å². The van der Waals surface area contributed by atoms with Crippen molar-refractivity contribution in [1.82, 2.24) is 9.88 Å². The lowest BCUT2D eigenvalue weighted by molar-refractivity contribution is -0.857. The van der Waals surface area contributed by atoms with Gasteiger partial charge in [0, 0.05) is 18.0 Å². The molecule has 1 saturated heterocycles. The third-order valence-corrected chi connectivity index (χ3v) is 5.05. The number of benzene rings is 1. The number of methoxy groups -OCH3 is 2. The number of quaternary nitrogens is 1. The lowest BCUT2D eigenvalue weighted by atomic mass is 9.96. The molecule has 1 fully saturated rings. The topological polar surface area (TPSA) is 93.4 Å². The molecule has 0 spiro atoms. The maximum atomic E-state index is 12.9. The molecule has 8 heteroatoms. The Hall–Kier alpha value is -3.39. The van der Waals surface area contributed by atoms with E-state index in [-0.39, 0.29) is 11.3 Å². The summed E-state index contributed by atoms with van der Waals surface area (Å²) in [7, 11) is 6.94. The highest BCUT2D eigenvalue weighted by molar-refractivity contribution is 6.46. The van der Waals surface area contributed by atoms with Gasteiger partial charge < -0.3 is 24.4 Å². The number of pyridine rings is 1. The molecular weight excluding hydrogens is 386 g/mol.